The Kier molecular flexibility index (Phi) is 12.0. The van der Waals surface area contributed by atoms with E-state index in [1.54, 1.807) is 12.1 Å². The van der Waals surface area contributed by atoms with Crippen molar-refractivity contribution in [2.24, 2.45) is 0 Å². The Labute approximate surface area is 202 Å². The number of aliphatic hydroxyl groups excluding tert-OH is 2. The number of alkyl halides is 1. The summed E-state index contributed by atoms with van der Waals surface area (Å²) in [5.41, 5.74) is 2.41. The number of aryl methyl sites for hydroxylation is 2. The molecule has 0 spiro atoms. The number of hydrogen-bond acceptors (Lipinski definition) is 5. The molecule has 1 aliphatic rings. The minimum Gasteiger partial charge on any atom is -0.508 e. The first-order valence-corrected chi connectivity index (χ1v) is 11.7. The second-order valence-electron chi connectivity index (χ2n) is 8.70. The molecular formula is C26H37ClFNO4. The Bertz CT molecular complexity index is 790. The number of phenolic OH excluding ortho intramolecular Hbond substituents is 1. The zero-order chi connectivity index (χ0) is 22.8. The molecule has 0 saturated carbocycles. The summed E-state index contributed by atoms with van der Waals surface area (Å²) in [6, 6.07) is 15.9. The van der Waals surface area contributed by atoms with Gasteiger partial charge in [-0.3, -0.25) is 4.90 Å². The number of hydrogen-bond donors (Lipinski definition) is 3. The molecule has 2 aromatic carbocycles. The van der Waals surface area contributed by atoms with Crippen molar-refractivity contribution in [3.63, 3.8) is 0 Å². The fourth-order valence-corrected chi connectivity index (χ4v) is 4.68. The van der Waals surface area contributed by atoms with Crippen LogP contribution >= 0.6 is 12.4 Å². The molecule has 3 N–H and O–H groups in total. The highest BCUT2D eigenvalue weighted by Crippen LogP contribution is 2.29. The molecule has 1 fully saturated rings. The molecule has 7 heteroatoms. The van der Waals surface area contributed by atoms with Crippen molar-refractivity contribution in [3.8, 4) is 11.5 Å². The van der Waals surface area contributed by atoms with Gasteiger partial charge in [0.1, 0.15) is 24.8 Å². The molecule has 0 aliphatic carbocycles. The van der Waals surface area contributed by atoms with Gasteiger partial charge in [0.05, 0.1) is 12.7 Å². The lowest BCUT2D eigenvalue weighted by Crippen LogP contribution is -2.50. The van der Waals surface area contributed by atoms with E-state index in [0.29, 0.717) is 24.4 Å². The Morgan fingerprint density at radius 2 is 1.48 bits per heavy atom. The maximum Gasteiger partial charge on any atom is 0.123 e. The SMILES string of the molecule is Cl.OC[C@H](O)CN1[C@@H](CCc2ccc(O)cc2)CCC[C@H]1CCc1ccc(OCCF)cc1. The van der Waals surface area contributed by atoms with E-state index >= 15 is 0 Å². The topological polar surface area (TPSA) is 73.2 Å². The van der Waals surface area contributed by atoms with E-state index in [2.05, 4.69) is 4.90 Å². The number of halogens is 2. The van der Waals surface area contributed by atoms with E-state index in [0.717, 1.165) is 44.9 Å². The Morgan fingerprint density at radius 1 is 0.939 bits per heavy atom. The zero-order valence-corrected chi connectivity index (χ0v) is 19.9. The second-order valence-corrected chi connectivity index (χ2v) is 8.70. The van der Waals surface area contributed by atoms with Crippen molar-refractivity contribution in [3.05, 3.63) is 59.7 Å². The van der Waals surface area contributed by atoms with Gasteiger partial charge in [-0.25, -0.2) is 4.39 Å². The Balaban J connectivity index is 0.00000385. The van der Waals surface area contributed by atoms with Crippen LogP contribution in [0, 0.1) is 0 Å². The Hall–Kier alpha value is -1.86. The Morgan fingerprint density at radius 3 is 2.00 bits per heavy atom. The van der Waals surface area contributed by atoms with Crippen LogP contribution in [0.4, 0.5) is 4.39 Å². The molecule has 33 heavy (non-hydrogen) atoms. The minimum atomic E-state index is -0.737. The monoisotopic (exact) mass is 481 g/mol. The van der Waals surface area contributed by atoms with Gasteiger partial charge in [-0.2, -0.15) is 0 Å². The number of benzene rings is 2. The molecule has 3 atom stereocenters. The number of phenols is 1. The second kappa shape index (κ2) is 14.4. The predicted molar refractivity (Wildman–Crippen MR) is 131 cm³/mol. The number of piperidine rings is 1. The van der Waals surface area contributed by atoms with Crippen LogP contribution in [-0.2, 0) is 12.8 Å². The highest BCUT2D eigenvalue weighted by atomic mass is 35.5. The van der Waals surface area contributed by atoms with Crippen molar-refractivity contribution in [2.45, 2.75) is 63.1 Å². The van der Waals surface area contributed by atoms with E-state index in [9.17, 15) is 19.7 Å². The molecule has 0 radical (unpaired) electrons. The van der Waals surface area contributed by atoms with Crippen molar-refractivity contribution in [2.75, 3.05) is 26.4 Å². The first kappa shape index (κ1) is 27.4. The average Bonchev–Trinajstić information content (AvgIpc) is 2.82. The smallest absolute Gasteiger partial charge is 0.123 e. The maximum absolute atomic E-state index is 12.3. The van der Waals surface area contributed by atoms with E-state index in [4.69, 9.17) is 4.74 Å². The predicted octanol–water partition coefficient (Wildman–Crippen LogP) is 4.30. The largest absolute Gasteiger partial charge is 0.508 e. The first-order chi connectivity index (χ1) is 15.6. The summed E-state index contributed by atoms with van der Waals surface area (Å²) in [6.45, 7) is -0.159. The van der Waals surface area contributed by atoms with Gasteiger partial charge in [-0.1, -0.05) is 30.7 Å². The van der Waals surface area contributed by atoms with Crippen LogP contribution in [0.1, 0.15) is 43.2 Å². The van der Waals surface area contributed by atoms with Gasteiger partial charge in [-0.15, -0.1) is 12.4 Å². The maximum atomic E-state index is 12.3. The standard InChI is InChI=1S/C26H36FNO4.ClH/c27-16-17-32-26-14-8-21(9-15-26)5-11-23-3-1-2-22(28(23)18-25(31)19-29)10-4-20-6-12-24(30)13-7-20;/h6-9,12-15,22-23,25,29-31H,1-5,10-11,16-19H2;1H/t22-,23+,25-;/m1./s1. The number of likely N-dealkylation sites (tertiary alicyclic amines) is 1. The van der Waals surface area contributed by atoms with Crippen LogP contribution < -0.4 is 4.74 Å². The van der Waals surface area contributed by atoms with Crippen LogP contribution in [0.2, 0.25) is 0 Å². The molecule has 1 saturated heterocycles. The third-order valence-electron chi connectivity index (χ3n) is 6.38. The quantitative estimate of drug-likeness (QED) is 0.421. The lowest BCUT2D eigenvalue weighted by atomic mass is 9.88. The summed E-state index contributed by atoms with van der Waals surface area (Å²) in [5, 5.41) is 29.1. The molecule has 184 valence electrons. The van der Waals surface area contributed by atoms with Crippen molar-refractivity contribution >= 4 is 12.4 Å². The molecule has 1 aliphatic heterocycles. The van der Waals surface area contributed by atoms with Crippen LogP contribution in [0.5, 0.6) is 11.5 Å². The molecule has 5 nitrogen and oxygen atoms in total. The molecule has 1 heterocycles. The van der Waals surface area contributed by atoms with Crippen LogP contribution in [0.3, 0.4) is 0 Å². The summed E-state index contributed by atoms with van der Waals surface area (Å²) >= 11 is 0. The fourth-order valence-electron chi connectivity index (χ4n) is 4.68. The fraction of sp³-hybridized carbons (Fsp3) is 0.538. The zero-order valence-electron chi connectivity index (χ0n) is 19.1. The third kappa shape index (κ3) is 8.78. The van der Waals surface area contributed by atoms with Crippen LogP contribution in [0.25, 0.3) is 0 Å². The van der Waals surface area contributed by atoms with Gasteiger partial charge in [0.2, 0.25) is 0 Å². The summed E-state index contributed by atoms with van der Waals surface area (Å²) in [6.07, 6.45) is 6.41. The molecule has 0 amide bonds. The van der Waals surface area contributed by atoms with Gasteiger partial charge in [0.15, 0.2) is 0 Å². The number of nitrogens with zero attached hydrogens (tertiary/aromatic N) is 1. The van der Waals surface area contributed by atoms with Crippen molar-refractivity contribution in [1.82, 2.24) is 4.90 Å². The van der Waals surface area contributed by atoms with E-state index in [1.165, 1.54) is 11.1 Å². The lowest BCUT2D eigenvalue weighted by Gasteiger charge is -2.43. The highest BCUT2D eigenvalue weighted by molar-refractivity contribution is 5.85. The van der Waals surface area contributed by atoms with Gasteiger partial charge in [0.25, 0.3) is 0 Å². The number of β-amino-alcohol motifs (C(OH)–C–C–N with tert-alkyl or cyclic N) is 1. The number of aliphatic hydroxyl groups is 2. The summed E-state index contributed by atoms with van der Waals surface area (Å²) in [5.74, 6) is 0.965. The van der Waals surface area contributed by atoms with Crippen LogP contribution in [-0.4, -0.2) is 64.8 Å². The van der Waals surface area contributed by atoms with E-state index in [1.807, 2.05) is 36.4 Å². The van der Waals surface area contributed by atoms with Gasteiger partial charge in [0, 0.05) is 18.6 Å². The van der Waals surface area contributed by atoms with E-state index < -0.39 is 12.8 Å². The lowest BCUT2D eigenvalue weighted by molar-refractivity contribution is 0.00214. The molecule has 2 aromatic rings. The highest BCUT2D eigenvalue weighted by Gasteiger charge is 2.31. The normalized spacial score (nSPS) is 19.6. The number of ether oxygens (including phenoxy) is 1. The molecule has 0 bridgehead atoms. The summed E-state index contributed by atoms with van der Waals surface area (Å²) < 4.78 is 17.6. The van der Waals surface area contributed by atoms with Crippen molar-refractivity contribution < 1.29 is 24.4 Å². The summed E-state index contributed by atoms with van der Waals surface area (Å²) in [7, 11) is 0. The minimum absolute atomic E-state index is 0. The van der Waals surface area contributed by atoms with Crippen LogP contribution in [0.15, 0.2) is 48.5 Å². The molecular weight excluding hydrogens is 445 g/mol. The third-order valence-corrected chi connectivity index (χ3v) is 6.38. The average molecular weight is 482 g/mol. The number of rotatable bonds is 12. The molecule has 0 unspecified atom stereocenters. The van der Waals surface area contributed by atoms with Gasteiger partial charge < -0.3 is 20.1 Å². The molecule has 3 rings (SSSR count). The van der Waals surface area contributed by atoms with E-state index in [-0.39, 0.29) is 31.4 Å². The number of aromatic hydroxyl groups is 1. The van der Waals surface area contributed by atoms with Gasteiger partial charge in [-0.05, 0) is 73.9 Å². The van der Waals surface area contributed by atoms with Crippen molar-refractivity contribution in [1.29, 1.82) is 0 Å². The summed E-state index contributed by atoms with van der Waals surface area (Å²) in [4.78, 5) is 2.41. The first-order valence-electron chi connectivity index (χ1n) is 11.7. The van der Waals surface area contributed by atoms with Gasteiger partial charge >= 0.3 is 0 Å². The molecule has 0 aromatic heterocycles.